The molecule has 3 aromatic rings. The Labute approximate surface area is 284 Å². The summed E-state index contributed by atoms with van der Waals surface area (Å²) < 4.78 is 27.8. The van der Waals surface area contributed by atoms with Gasteiger partial charge in [0.2, 0.25) is 11.8 Å². The minimum Gasteiger partial charge on any atom is -0.458 e. The van der Waals surface area contributed by atoms with Crippen LogP contribution in [0.5, 0.6) is 0 Å². The van der Waals surface area contributed by atoms with Crippen molar-refractivity contribution in [1.82, 2.24) is 19.8 Å². The summed E-state index contributed by atoms with van der Waals surface area (Å²) >= 11 is 0. The molecule has 1 aliphatic carbocycles. The topological polar surface area (TPSA) is 140 Å². The van der Waals surface area contributed by atoms with Crippen LogP contribution in [-0.2, 0) is 49.0 Å². The van der Waals surface area contributed by atoms with Gasteiger partial charge in [0.05, 0.1) is 35.1 Å². The van der Waals surface area contributed by atoms with Crippen LogP contribution in [0, 0.1) is 12.7 Å². The van der Waals surface area contributed by atoms with E-state index in [1.54, 1.807) is 36.3 Å². The third-order valence-corrected chi connectivity index (χ3v) is 9.94. The van der Waals surface area contributed by atoms with Gasteiger partial charge >= 0.3 is 5.97 Å². The van der Waals surface area contributed by atoms with Crippen molar-refractivity contribution in [3.63, 3.8) is 0 Å². The van der Waals surface area contributed by atoms with Gasteiger partial charge in [-0.25, -0.2) is 14.2 Å². The van der Waals surface area contributed by atoms with E-state index >= 15 is 4.39 Å². The number of nitrogens with zero attached hydrogens (tertiary/aromatic N) is 3. The Balaban J connectivity index is 0.00000217. The molecule has 1 aromatic carbocycles. The van der Waals surface area contributed by atoms with Crippen LogP contribution in [0.3, 0.4) is 0 Å². The average Bonchev–Trinajstić information content (AvgIpc) is 3.66. The van der Waals surface area contributed by atoms with E-state index in [0.717, 1.165) is 28.5 Å². The number of aryl methyl sites for hydroxylation is 1. The normalized spacial score (nSPS) is 22.1. The molecule has 2 N–H and O–H groups in total. The van der Waals surface area contributed by atoms with E-state index in [-0.39, 0.29) is 76.1 Å². The molecule has 1 saturated heterocycles. The van der Waals surface area contributed by atoms with Crippen molar-refractivity contribution in [2.45, 2.75) is 90.3 Å². The highest BCUT2D eigenvalue weighted by molar-refractivity contribution is 7.59. The first kappa shape index (κ1) is 34.9. The summed E-state index contributed by atoms with van der Waals surface area (Å²) in [5.41, 5.74) is 2.14. The third kappa shape index (κ3) is 5.33. The van der Waals surface area contributed by atoms with Crippen molar-refractivity contribution in [3.05, 3.63) is 61.7 Å². The number of hydrogen-bond acceptors (Lipinski definition) is 8. The van der Waals surface area contributed by atoms with E-state index in [1.165, 1.54) is 6.07 Å². The summed E-state index contributed by atoms with van der Waals surface area (Å²) in [6.07, 6.45) is 2.44. The highest BCUT2D eigenvalue weighted by Crippen LogP contribution is 2.46. The first-order valence-electron chi connectivity index (χ1n) is 15.6. The van der Waals surface area contributed by atoms with Crippen molar-refractivity contribution in [1.29, 1.82) is 0 Å². The molecule has 0 radical (unpaired) electrons. The SMILES string of the molecule is CCC(=O)N1CCCC1OCC(=O)N[C@H]1CCc2c(C)c(F)cc3nc4c(c1c23)Cn1c-4cc2c(c1=O)COC(=O)[C@]2(O)CC.S.S. The Kier molecular flexibility index (Phi) is 9.54. The maximum Gasteiger partial charge on any atom is 0.343 e. The summed E-state index contributed by atoms with van der Waals surface area (Å²) in [4.78, 5) is 58.5. The summed E-state index contributed by atoms with van der Waals surface area (Å²) in [7, 11) is 0. The van der Waals surface area contributed by atoms with Gasteiger partial charge in [-0.05, 0) is 61.8 Å². The number of nitrogens with one attached hydrogen (secondary N) is 1. The Hall–Kier alpha value is -3.46. The first-order valence-corrected chi connectivity index (χ1v) is 15.6. The minimum atomic E-state index is -1.97. The number of aromatic nitrogens is 2. The van der Waals surface area contributed by atoms with Crippen molar-refractivity contribution in [2.75, 3.05) is 13.2 Å². The lowest BCUT2D eigenvalue weighted by Crippen LogP contribution is -2.44. The van der Waals surface area contributed by atoms with Gasteiger partial charge < -0.3 is 29.4 Å². The quantitative estimate of drug-likeness (QED) is 0.295. The lowest BCUT2D eigenvalue weighted by molar-refractivity contribution is -0.172. The number of pyridine rings is 2. The molecule has 7 rings (SSSR count). The van der Waals surface area contributed by atoms with Gasteiger partial charge in [-0.1, -0.05) is 13.8 Å². The van der Waals surface area contributed by atoms with Crippen molar-refractivity contribution in [2.24, 2.45) is 0 Å². The number of hydrogen-bond donors (Lipinski definition) is 2. The maximum absolute atomic E-state index is 15.2. The number of carbonyl (C=O) groups excluding carboxylic acids is 3. The van der Waals surface area contributed by atoms with Crippen LogP contribution in [0.2, 0.25) is 0 Å². The summed E-state index contributed by atoms with van der Waals surface area (Å²) in [6, 6.07) is 2.54. The summed E-state index contributed by atoms with van der Waals surface area (Å²) in [5.74, 6) is -1.56. The average molecular weight is 687 g/mol. The van der Waals surface area contributed by atoms with Crippen LogP contribution in [0.25, 0.3) is 22.3 Å². The Morgan fingerprint density at radius 1 is 1.17 bits per heavy atom. The van der Waals surface area contributed by atoms with Crippen LogP contribution in [-0.4, -0.2) is 56.7 Å². The molecule has 1 unspecified atom stereocenters. The number of fused-ring (bicyclic) bond motifs is 5. The molecule has 11 nitrogen and oxygen atoms in total. The molecule has 47 heavy (non-hydrogen) atoms. The van der Waals surface area contributed by atoms with E-state index in [4.69, 9.17) is 14.5 Å². The zero-order chi connectivity index (χ0) is 31.8. The van der Waals surface area contributed by atoms with Gasteiger partial charge in [0, 0.05) is 35.5 Å². The van der Waals surface area contributed by atoms with Gasteiger partial charge in [-0.2, -0.15) is 27.0 Å². The van der Waals surface area contributed by atoms with Gasteiger partial charge in [0.25, 0.3) is 5.56 Å². The van der Waals surface area contributed by atoms with E-state index in [2.05, 4.69) is 5.32 Å². The number of aliphatic hydroxyl groups is 1. The van der Waals surface area contributed by atoms with Crippen molar-refractivity contribution in [3.8, 4) is 11.4 Å². The molecule has 0 bridgehead atoms. The Morgan fingerprint density at radius 2 is 1.94 bits per heavy atom. The fraction of sp³-hybridized carbons (Fsp3) is 0.485. The fourth-order valence-corrected chi connectivity index (χ4v) is 7.50. The molecule has 3 atom stereocenters. The smallest absolute Gasteiger partial charge is 0.343 e. The lowest BCUT2D eigenvalue weighted by Gasteiger charge is -2.31. The second-order valence-corrected chi connectivity index (χ2v) is 12.3. The highest BCUT2D eigenvalue weighted by atomic mass is 32.1. The number of cyclic esters (lactones) is 1. The third-order valence-electron chi connectivity index (χ3n) is 9.94. The van der Waals surface area contributed by atoms with Crippen molar-refractivity contribution < 1.29 is 33.4 Å². The summed E-state index contributed by atoms with van der Waals surface area (Å²) in [5, 5.41) is 15.1. The second-order valence-electron chi connectivity index (χ2n) is 12.3. The van der Waals surface area contributed by atoms with Gasteiger partial charge in [0.15, 0.2) is 5.60 Å². The minimum absolute atomic E-state index is 0. The molecular formula is C33H39FN4O7S2. The zero-order valence-electron chi connectivity index (χ0n) is 26.5. The van der Waals surface area contributed by atoms with E-state index in [9.17, 15) is 24.3 Å². The maximum atomic E-state index is 15.2. The molecule has 14 heteroatoms. The first-order chi connectivity index (χ1) is 21.6. The van der Waals surface area contributed by atoms with Crippen LogP contribution in [0.4, 0.5) is 4.39 Å². The number of carbonyl (C=O) groups is 3. The van der Waals surface area contributed by atoms with E-state index in [0.29, 0.717) is 54.7 Å². The lowest BCUT2D eigenvalue weighted by atomic mass is 9.81. The number of benzene rings is 1. The molecule has 4 aliphatic rings. The fourth-order valence-electron chi connectivity index (χ4n) is 7.50. The molecule has 2 amide bonds. The monoisotopic (exact) mass is 686 g/mol. The molecule has 0 spiro atoms. The predicted molar refractivity (Wildman–Crippen MR) is 180 cm³/mol. The largest absolute Gasteiger partial charge is 0.458 e. The van der Waals surface area contributed by atoms with Crippen LogP contribution in [0.15, 0.2) is 16.9 Å². The van der Waals surface area contributed by atoms with Crippen LogP contribution < -0.4 is 10.9 Å². The molecular weight excluding hydrogens is 648 g/mol. The number of ether oxygens (including phenoxy) is 2. The predicted octanol–water partition coefficient (Wildman–Crippen LogP) is 3.23. The zero-order valence-corrected chi connectivity index (χ0v) is 28.5. The molecule has 2 aromatic heterocycles. The number of halogens is 1. The number of esters is 1. The number of likely N-dealkylation sites (tertiary alicyclic amines) is 1. The molecule has 0 saturated carbocycles. The highest BCUT2D eigenvalue weighted by Gasteiger charge is 2.46. The van der Waals surface area contributed by atoms with Gasteiger partial charge in [0.1, 0.15) is 25.3 Å². The van der Waals surface area contributed by atoms with Crippen LogP contribution in [0.1, 0.15) is 85.4 Å². The van der Waals surface area contributed by atoms with Crippen molar-refractivity contribution >= 4 is 55.7 Å². The number of rotatable bonds is 6. The van der Waals surface area contributed by atoms with Gasteiger partial charge in [-0.15, -0.1) is 0 Å². The molecule has 3 aliphatic heterocycles. The van der Waals surface area contributed by atoms with Gasteiger partial charge in [-0.3, -0.25) is 14.4 Å². The van der Waals surface area contributed by atoms with E-state index in [1.807, 2.05) is 0 Å². The van der Waals surface area contributed by atoms with E-state index < -0.39 is 35.2 Å². The molecule has 5 heterocycles. The standard InChI is InChI=1S/C33H35FN4O7.2H2S/c1-4-26(40)37-10-6-7-27(37)44-15-25(39)35-22-9-8-17-16(3)21(34)12-23-28(17)29(22)18-13-38-24(30(18)36-23)11-20-19(31(38)41)14-45-32(42)33(20,43)5-2;;/h11-12,22,27,43H,4-10,13-15H2,1-3H3,(H,35,39);2*1H2/t22-,27?,33-;;/m0../s1. The molecule has 252 valence electrons. The second kappa shape index (κ2) is 12.9. The Morgan fingerprint density at radius 3 is 2.66 bits per heavy atom. The molecule has 1 fully saturated rings. The van der Waals surface area contributed by atoms with Crippen LogP contribution >= 0.6 is 27.0 Å². The summed E-state index contributed by atoms with van der Waals surface area (Å²) in [6.45, 7) is 5.46. The number of amides is 2. The Bertz CT molecular complexity index is 1880.